The lowest BCUT2D eigenvalue weighted by Gasteiger charge is -2.42. The van der Waals surface area contributed by atoms with Gasteiger partial charge in [0, 0.05) is 5.97 Å². The standard InChI is InChI=1S/C14H9F17O4/c15-7(16,3-4-35-6(34)2-1-5(32)33)8(17,18)9(19,20)10(21,22)11(23,24)12(25,26)13(27,28)14(29,30)31/h1-4H2,(H,32,33)/p-1. The van der Waals surface area contributed by atoms with Crippen LogP contribution in [-0.4, -0.2) is 66.2 Å². The number of halogens is 17. The number of carbonyl (C=O) groups is 2. The Morgan fingerprint density at radius 1 is 0.543 bits per heavy atom. The molecule has 0 aromatic rings. The molecule has 0 heterocycles. The lowest BCUT2D eigenvalue weighted by atomic mass is 9.88. The van der Waals surface area contributed by atoms with Crippen LogP contribution in [0.25, 0.3) is 0 Å². The van der Waals surface area contributed by atoms with Crippen molar-refractivity contribution in [2.75, 3.05) is 6.61 Å². The van der Waals surface area contributed by atoms with Gasteiger partial charge in [0.1, 0.15) is 0 Å². The minimum Gasteiger partial charge on any atom is -0.550 e. The van der Waals surface area contributed by atoms with Crippen molar-refractivity contribution in [1.82, 2.24) is 0 Å². The summed E-state index contributed by atoms with van der Waals surface area (Å²) in [6.45, 7) is -2.13. The SMILES string of the molecule is O=C([O-])CCC(=O)OCCC(F)(F)C(F)(F)C(F)(F)C(F)(F)C(F)(F)C(F)(F)C(F)(F)C(F)(F)F. The molecule has 0 unspecified atom stereocenters. The van der Waals surface area contributed by atoms with E-state index in [0.29, 0.717) is 0 Å². The summed E-state index contributed by atoms with van der Waals surface area (Å²) in [6, 6.07) is 0. The van der Waals surface area contributed by atoms with Crippen molar-refractivity contribution in [2.24, 2.45) is 0 Å². The van der Waals surface area contributed by atoms with Crippen molar-refractivity contribution < 1.29 is 94.1 Å². The van der Waals surface area contributed by atoms with Crippen molar-refractivity contribution in [2.45, 2.75) is 66.9 Å². The highest BCUT2D eigenvalue weighted by Gasteiger charge is 2.95. The number of ether oxygens (including phenoxy) is 1. The fourth-order valence-electron chi connectivity index (χ4n) is 1.92. The number of carboxylic acids is 1. The smallest absolute Gasteiger partial charge is 0.460 e. The topological polar surface area (TPSA) is 66.4 Å². The van der Waals surface area contributed by atoms with Crippen LogP contribution < -0.4 is 5.11 Å². The molecule has 0 fully saturated rings. The van der Waals surface area contributed by atoms with E-state index in [1.54, 1.807) is 0 Å². The first-order valence-electron chi connectivity index (χ1n) is 8.13. The molecule has 0 saturated heterocycles. The largest absolute Gasteiger partial charge is 0.550 e. The third kappa shape index (κ3) is 5.31. The lowest BCUT2D eigenvalue weighted by Crippen LogP contribution is -2.74. The van der Waals surface area contributed by atoms with Crippen LogP contribution in [0.5, 0.6) is 0 Å². The van der Waals surface area contributed by atoms with Gasteiger partial charge in [-0.25, -0.2) is 0 Å². The van der Waals surface area contributed by atoms with Crippen molar-refractivity contribution in [1.29, 1.82) is 0 Å². The number of aliphatic carboxylic acids is 1. The summed E-state index contributed by atoms with van der Waals surface area (Å²) in [7, 11) is 0. The van der Waals surface area contributed by atoms with Crippen LogP contribution in [0, 0.1) is 0 Å². The average Bonchev–Trinajstić information content (AvgIpc) is 2.64. The van der Waals surface area contributed by atoms with Gasteiger partial charge >= 0.3 is 53.6 Å². The summed E-state index contributed by atoms with van der Waals surface area (Å²) < 4.78 is 225. The van der Waals surface area contributed by atoms with Gasteiger partial charge in [-0.15, -0.1) is 0 Å². The van der Waals surface area contributed by atoms with Crippen LogP contribution >= 0.6 is 0 Å². The Kier molecular flexibility index (Phi) is 8.72. The molecule has 21 heteroatoms. The van der Waals surface area contributed by atoms with E-state index in [0.717, 1.165) is 0 Å². The van der Waals surface area contributed by atoms with Crippen LogP contribution in [-0.2, 0) is 14.3 Å². The van der Waals surface area contributed by atoms with Crippen molar-refractivity contribution in [3.05, 3.63) is 0 Å². The van der Waals surface area contributed by atoms with Gasteiger partial charge in [0.25, 0.3) is 0 Å². The van der Waals surface area contributed by atoms with Gasteiger partial charge in [0.2, 0.25) is 0 Å². The van der Waals surface area contributed by atoms with E-state index >= 15 is 0 Å². The molecule has 0 N–H and O–H groups in total. The third-order valence-corrected chi connectivity index (χ3v) is 4.00. The zero-order valence-corrected chi connectivity index (χ0v) is 15.9. The molecular formula is C14H8F17O4-. The van der Waals surface area contributed by atoms with Gasteiger partial charge < -0.3 is 14.6 Å². The predicted octanol–water partition coefficient (Wildman–Crippen LogP) is 4.46. The second-order valence-corrected chi connectivity index (χ2v) is 6.49. The van der Waals surface area contributed by atoms with E-state index in [4.69, 9.17) is 0 Å². The van der Waals surface area contributed by atoms with Crippen LogP contribution in [0.3, 0.4) is 0 Å². The molecule has 0 aliphatic rings. The van der Waals surface area contributed by atoms with Gasteiger partial charge in [0.15, 0.2) is 0 Å². The molecule has 0 aliphatic carbocycles. The highest BCUT2D eigenvalue weighted by Crippen LogP contribution is 2.64. The summed E-state index contributed by atoms with van der Waals surface area (Å²) >= 11 is 0. The molecular weight excluding hydrogens is 555 g/mol. The van der Waals surface area contributed by atoms with Gasteiger partial charge in [-0.2, -0.15) is 74.6 Å². The molecule has 0 radical (unpaired) electrons. The Morgan fingerprint density at radius 3 is 1.23 bits per heavy atom. The highest BCUT2D eigenvalue weighted by atomic mass is 19.4. The zero-order valence-electron chi connectivity index (χ0n) is 15.9. The monoisotopic (exact) mass is 563 g/mol. The first-order chi connectivity index (χ1) is 15.1. The molecule has 4 nitrogen and oxygen atoms in total. The van der Waals surface area contributed by atoms with E-state index in [-0.39, 0.29) is 0 Å². The second-order valence-electron chi connectivity index (χ2n) is 6.49. The Labute approximate surface area is 181 Å². The van der Waals surface area contributed by atoms with E-state index in [9.17, 15) is 89.3 Å². The molecule has 0 rings (SSSR count). The van der Waals surface area contributed by atoms with E-state index < -0.39 is 85.4 Å². The maximum atomic E-state index is 13.5. The quantitative estimate of drug-likeness (QED) is 0.260. The van der Waals surface area contributed by atoms with Crippen LogP contribution in [0.2, 0.25) is 0 Å². The second kappa shape index (κ2) is 9.32. The van der Waals surface area contributed by atoms with Crippen LogP contribution in [0.4, 0.5) is 74.6 Å². The molecule has 0 bridgehead atoms. The zero-order chi connectivity index (χ0) is 28.7. The van der Waals surface area contributed by atoms with Gasteiger partial charge in [-0.1, -0.05) is 0 Å². The highest BCUT2D eigenvalue weighted by molar-refractivity contribution is 5.75. The number of hydrogen-bond acceptors (Lipinski definition) is 4. The van der Waals surface area contributed by atoms with E-state index in [1.165, 1.54) is 0 Å². The summed E-state index contributed by atoms with van der Waals surface area (Å²) in [5, 5.41) is 10.0. The molecule has 0 amide bonds. The average molecular weight is 563 g/mol. The normalized spacial score (nSPS) is 15.2. The molecule has 0 saturated carbocycles. The maximum absolute atomic E-state index is 13.5. The van der Waals surface area contributed by atoms with E-state index in [1.807, 2.05) is 0 Å². The molecule has 35 heavy (non-hydrogen) atoms. The van der Waals surface area contributed by atoms with Crippen molar-refractivity contribution in [3.63, 3.8) is 0 Å². The Morgan fingerprint density at radius 2 is 0.886 bits per heavy atom. The molecule has 0 atom stereocenters. The number of carboxylic acid groups (broad SMARTS) is 1. The Bertz CT molecular complexity index is 786. The number of carbonyl (C=O) groups excluding carboxylic acids is 2. The number of rotatable bonds is 12. The molecule has 0 aromatic heterocycles. The van der Waals surface area contributed by atoms with Gasteiger partial charge in [-0.05, 0) is 6.42 Å². The number of alkyl halides is 17. The third-order valence-electron chi connectivity index (χ3n) is 4.00. The summed E-state index contributed by atoms with van der Waals surface area (Å²) in [5.74, 6) is -61.0. The first kappa shape index (κ1) is 32.8. The minimum absolute atomic E-state index is 1.15. The molecule has 0 aliphatic heterocycles. The van der Waals surface area contributed by atoms with Crippen molar-refractivity contribution in [3.8, 4) is 0 Å². The fourth-order valence-corrected chi connectivity index (χ4v) is 1.92. The molecule has 0 aromatic carbocycles. The maximum Gasteiger partial charge on any atom is 0.460 e. The van der Waals surface area contributed by atoms with E-state index in [2.05, 4.69) is 4.74 Å². The lowest BCUT2D eigenvalue weighted by molar-refractivity contribution is -0.461. The number of hydrogen-bond donors (Lipinski definition) is 0. The van der Waals surface area contributed by atoms with Gasteiger partial charge in [0.05, 0.1) is 19.4 Å². The fraction of sp³-hybridized carbons (Fsp3) is 0.857. The Hall–Kier alpha value is -2.25. The minimum atomic E-state index is -8.72. The Balaban J connectivity index is 6.12. The van der Waals surface area contributed by atoms with Crippen LogP contribution in [0.15, 0.2) is 0 Å². The van der Waals surface area contributed by atoms with Crippen molar-refractivity contribution >= 4 is 11.9 Å². The summed E-state index contributed by atoms with van der Waals surface area (Å²) in [5.41, 5.74) is 0. The molecule has 0 spiro atoms. The molecule has 208 valence electrons. The van der Waals surface area contributed by atoms with Gasteiger partial charge in [-0.3, -0.25) is 4.79 Å². The summed E-state index contributed by atoms with van der Waals surface area (Å²) in [6.07, 6.45) is -13.1. The number of esters is 1. The predicted molar refractivity (Wildman–Crippen MR) is 70.5 cm³/mol. The summed E-state index contributed by atoms with van der Waals surface area (Å²) in [4.78, 5) is 20.9. The first-order valence-corrected chi connectivity index (χ1v) is 8.13. The van der Waals surface area contributed by atoms with Crippen LogP contribution in [0.1, 0.15) is 19.3 Å².